The fourth-order valence-corrected chi connectivity index (χ4v) is 6.50. The number of carbonyl (C=O) groups is 1. The number of anilines is 1. The molecular weight excluding hydrogens is 428 g/mol. The lowest BCUT2D eigenvalue weighted by atomic mass is 10.1. The number of amides is 1. The monoisotopic (exact) mass is 460 g/mol. The summed E-state index contributed by atoms with van der Waals surface area (Å²) in [5, 5.41) is 3.61. The van der Waals surface area contributed by atoms with Gasteiger partial charge in [-0.1, -0.05) is 42.7 Å². The van der Waals surface area contributed by atoms with Crippen molar-refractivity contribution in [2.75, 3.05) is 23.1 Å². The molecule has 168 valence electrons. The number of carbonyl (C=O) groups excluding carboxylic acids is 1. The van der Waals surface area contributed by atoms with Gasteiger partial charge in [0.05, 0.1) is 10.6 Å². The molecule has 0 unspecified atom stereocenters. The largest absolute Gasteiger partial charge is 0.354 e. The average molecular weight is 461 g/mol. The first-order valence-electron chi connectivity index (χ1n) is 10.8. The molecule has 0 aliphatic heterocycles. The zero-order valence-electron chi connectivity index (χ0n) is 18.6. The molecule has 0 spiro atoms. The predicted octanol–water partition coefficient (Wildman–Crippen LogP) is 4.60. The van der Waals surface area contributed by atoms with Crippen LogP contribution in [-0.4, -0.2) is 38.4 Å². The van der Waals surface area contributed by atoms with E-state index >= 15 is 0 Å². The third-order valence-corrected chi connectivity index (χ3v) is 8.98. The Kier molecular flexibility index (Phi) is 8.06. The summed E-state index contributed by atoms with van der Waals surface area (Å²) in [7, 11) is -3.88. The Labute approximate surface area is 190 Å². The second kappa shape index (κ2) is 10.6. The van der Waals surface area contributed by atoms with Gasteiger partial charge in [-0.25, -0.2) is 8.42 Å². The summed E-state index contributed by atoms with van der Waals surface area (Å²) in [6, 6.07) is 12.3. The highest BCUT2D eigenvalue weighted by Crippen LogP contribution is 2.30. The maximum Gasteiger partial charge on any atom is 0.264 e. The summed E-state index contributed by atoms with van der Waals surface area (Å²) in [5.41, 5.74) is 3.35. The fraction of sp³-hybridized carbons (Fsp3) is 0.458. The molecule has 0 atom stereocenters. The summed E-state index contributed by atoms with van der Waals surface area (Å²) in [6.45, 7) is 6.05. The molecule has 0 heterocycles. The third-order valence-electron chi connectivity index (χ3n) is 5.82. The summed E-state index contributed by atoms with van der Waals surface area (Å²) in [6.07, 6.45) is 5.11. The summed E-state index contributed by atoms with van der Waals surface area (Å²) in [4.78, 5) is 12.9. The third kappa shape index (κ3) is 6.04. The van der Waals surface area contributed by atoms with Gasteiger partial charge in [0.2, 0.25) is 5.91 Å². The lowest BCUT2D eigenvalue weighted by molar-refractivity contribution is -0.119. The summed E-state index contributed by atoms with van der Waals surface area (Å²) in [5.74, 6) is 0.563. The van der Waals surface area contributed by atoms with Crippen molar-refractivity contribution < 1.29 is 13.2 Å². The van der Waals surface area contributed by atoms with Gasteiger partial charge < -0.3 is 5.32 Å². The van der Waals surface area contributed by atoms with Crippen molar-refractivity contribution in [1.82, 2.24) is 5.32 Å². The lowest BCUT2D eigenvalue weighted by Crippen LogP contribution is -2.41. The van der Waals surface area contributed by atoms with Crippen LogP contribution in [0.4, 0.5) is 5.69 Å². The molecule has 1 aliphatic rings. The van der Waals surface area contributed by atoms with E-state index in [0.717, 1.165) is 22.4 Å². The Hall–Kier alpha value is -1.99. The normalized spacial score (nSPS) is 14.5. The van der Waals surface area contributed by atoms with E-state index in [0.29, 0.717) is 17.5 Å². The van der Waals surface area contributed by atoms with Crippen LogP contribution < -0.4 is 9.62 Å². The number of benzene rings is 2. The summed E-state index contributed by atoms with van der Waals surface area (Å²) >= 11 is 1.90. The van der Waals surface area contributed by atoms with E-state index in [1.807, 2.05) is 44.7 Å². The Morgan fingerprint density at radius 3 is 2.42 bits per heavy atom. The maximum atomic E-state index is 13.5. The minimum absolute atomic E-state index is 0.184. The SMILES string of the molecule is Cc1ccc(S(=O)(=O)N(CC(=O)NCCSC2CCCC2)c2cccc(C)c2C)cc1. The molecule has 31 heavy (non-hydrogen) atoms. The van der Waals surface area contributed by atoms with Gasteiger partial charge in [0.1, 0.15) is 6.54 Å². The summed E-state index contributed by atoms with van der Waals surface area (Å²) < 4.78 is 28.2. The van der Waals surface area contributed by atoms with Crippen LogP contribution in [0.15, 0.2) is 47.4 Å². The van der Waals surface area contributed by atoms with Crippen LogP contribution in [-0.2, 0) is 14.8 Å². The highest BCUT2D eigenvalue weighted by Gasteiger charge is 2.28. The highest BCUT2D eigenvalue weighted by atomic mass is 32.2. The smallest absolute Gasteiger partial charge is 0.264 e. The fourth-order valence-electron chi connectivity index (χ4n) is 3.80. The minimum atomic E-state index is -3.88. The number of nitrogens with zero attached hydrogens (tertiary/aromatic N) is 1. The molecule has 1 aliphatic carbocycles. The van der Waals surface area contributed by atoms with E-state index in [4.69, 9.17) is 0 Å². The zero-order valence-corrected chi connectivity index (χ0v) is 20.2. The molecule has 7 heteroatoms. The molecule has 2 aromatic carbocycles. The van der Waals surface area contributed by atoms with E-state index in [2.05, 4.69) is 5.32 Å². The number of hydrogen-bond donors (Lipinski definition) is 1. The van der Waals surface area contributed by atoms with Gasteiger partial charge in [0.25, 0.3) is 10.0 Å². The molecule has 0 bridgehead atoms. The Morgan fingerprint density at radius 1 is 1.06 bits per heavy atom. The van der Waals surface area contributed by atoms with Gasteiger partial charge in [-0.15, -0.1) is 0 Å². The highest BCUT2D eigenvalue weighted by molar-refractivity contribution is 7.99. The second-order valence-electron chi connectivity index (χ2n) is 8.17. The van der Waals surface area contributed by atoms with Crippen molar-refractivity contribution in [3.63, 3.8) is 0 Å². The van der Waals surface area contributed by atoms with E-state index < -0.39 is 10.0 Å². The van der Waals surface area contributed by atoms with Crippen LogP contribution in [0.3, 0.4) is 0 Å². The van der Waals surface area contributed by atoms with Crippen LogP contribution in [0.5, 0.6) is 0 Å². The van der Waals surface area contributed by atoms with Gasteiger partial charge in [0.15, 0.2) is 0 Å². The van der Waals surface area contributed by atoms with Gasteiger partial charge in [0, 0.05) is 17.5 Å². The molecule has 1 fully saturated rings. The van der Waals surface area contributed by atoms with Crippen LogP contribution in [0, 0.1) is 20.8 Å². The van der Waals surface area contributed by atoms with Crippen LogP contribution >= 0.6 is 11.8 Å². The number of aryl methyl sites for hydroxylation is 2. The Bertz CT molecular complexity index is 998. The van der Waals surface area contributed by atoms with E-state index in [1.54, 1.807) is 30.3 Å². The minimum Gasteiger partial charge on any atom is -0.354 e. The molecule has 1 N–H and O–H groups in total. The number of hydrogen-bond acceptors (Lipinski definition) is 4. The van der Waals surface area contributed by atoms with Gasteiger partial charge in [-0.2, -0.15) is 11.8 Å². The number of sulfonamides is 1. The lowest BCUT2D eigenvalue weighted by Gasteiger charge is -2.26. The molecule has 1 amide bonds. The van der Waals surface area contributed by atoms with Crippen LogP contribution in [0.25, 0.3) is 0 Å². The molecule has 2 aromatic rings. The molecule has 0 saturated heterocycles. The molecule has 5 nitrogen and oxygen atoms in total. The van der Waals surface area contributed by atoms with Gasteiger partial charge in [-0.05, 0) is 62.9 Å². The Morgan fingerprint density at radius 2 is 1.74 bits per heavy atom. The molecule has 0 radical (unpaired) electrons. The van der Waals surface area contributed by atoms with Crippen molar-refractivity contribution in [3.05, 3.63) is 59.2 Å². The number of nitrogens with one attached hydrogen (secondary N) is 1. The predicted molar refractivity (Wildman–Crippen MR) is 129 cm³/mol. The molecular formula is C24H32N2O3S2. The zero-order chi connectivity index (χ0) is 22.4. The molecule has 3 rings (SSSR count). The van der Waals surface area contributed by atoms with Crippen LogP contribution in [0.1, 0.15) is 42.4 Å². The van der Waals surface area contributed by atoms with E-state index in [1.165, 1.54) is 30.0 Å². The topological polar surface area (TPSA) is 66.5 Å². The standard InChI is InChI=1S/C24H32N2O3S2/c1-18-11-13-22(14-12-18)31(28,29)26(23-10-6-7-19(2)20(23)3)17-24(27)25-15-16-30-21-8-4-5-9-21/h6-7,10-14,21H,4-5,8-9,15-17H2,1-3H3,(H,25,27). The first-order valence-corrected chi connectivity index (χ1v) is 13.3. The van der Waals surface area contributed by atoms with Crippen molar-refractivity contribution >= 4 is 33.4 Å². The van der Waals surface area contributed by atoms with Crippen molar-refractivity contribution in [2.24, 2.45) is 0 Å². The van der Waals surface area contributed by atoms with Crippen molar-refractivity contribution in [2.45, 2.75) is 56.6 Å². The van der Waals surface area contributed by atoms with E-state index in [9.17, 15) is 13.2 Å². The Balaban J connectivity index is 1.76. The van der Waals surface area contributed by atoms with Gasteiger partial charge in [-0.3, -0.25) is 9.10 Å². The van der Waals surface area contributed by atoms with Crippen LogP contribution in [0.2, 0.25) is 0 Å². The first-order chi connectivity index (χ1) is 14.8. The molecule has 0 aromatic heterocycles. The van der Waals surface area contributed by atoms with E-state index in [-0.39, 0.29) is 17.3 Å². The van der Waals surface area contributed by atoms with Crippen molar-refractivity contribution in [1.29, 1.82) is 0 Å². The molecule has 1 saturated carbocycles. The number of rotatable bonds is 9. The second-order valence-corrected chi connectivity index (χ2v) is 11.4. The average Bonchev–Trinajstić information content (AvgIpc) is 3.25. The first kappa shape index (κ1) is 23.7. The maximum absolute atomic E-state index is 13.5. The van der Waals surface area contributed by atoms with Crippen molar-refractivity contribution in [3.8, 4) is 0 Å². The number of thioether (sulfide) groups is 1. The quantitative estimate of drug-likeness (QED) is 0.556. The van der Waals surface area contributed by atoms with Gasteiger partial charge >= 0.3 is 0 Å².